The van der Waals surface area contributed by atoms with E-state index in [0.717, 1.165) is 81.3 Å². The molecule has 0 fully saturated rings. The van der Waals surface area contributed by atoms with Gasteiger partial charge in [0.1, 0.15) is 0 Å². The monoisotopic (exact) mass is 930 g/mol. The average Bonchev–Trinajstić information content (AvgIpc) is 3.25. The largest absolute Gasteiger partial charge is 0.478 e. The van der Waals surface area contributed by atoms with Crippen molar-refractivity contribution in [1.82, 2.24) is 0 Å². The lowest BCUT2D eigenvalue weighted by Gasteiger charge is -2.23. The molecule has 0 amide bonds. The van der Waals surface area contributed by atoms with Gasteiger partial charge >= 0.3 is 11.9 Å². The number of anilines is 2. The lowest BCUT2D eigenvalue weighted by atomic mass is 9.89. The number of rotatable bonds is 17. The highest BCUT2D eigenvalue weighted by Gasteiger charge is 2.27. The summed E-state index contributed by atoms with van der Waals surface area (Å²) in [5.41, 5.74) is 11.2. The van der Waals surface area contributed by atoms with Crippen molar-refractivity contribution in [2.75, 3.05) is 9.44 Å². The number of aromatic carboxylic acids is 2. The van der Waals surface area contributed by atoms with E-state index in [0.29, 0.717) is 27.1 Å². The van der Waals surface area contributed by atoms with E-state index in [1.54, 1.807) is 62.4 Å². The molecular weight excluding hydrogens is 869 g/mol. The summed E-state index contributed by atoms with van der Waals surface area (Å²) in [6.07, 6.45) is 3.08. The lowest BCUT2D eigenvalue weighted by molar-refractivity contribution is 0.0686. The Kier molecular flexibility index (Phi) is 16.8. The number of carboxylic acids is 2. The Hall–Kier alpha value is -6.24. The highest BCUT2D eigenvalue weighted by Crippen LogP contribution is 2.36. The summed E-state index contributed by atoms with van der Waals surface area (Å²) in [6.45, 7) is 18.0. The highest BCUT2D eigenvalue weighted by molar-refractivity contribution is 7.93. The number of hydrogen-bond donors (Lipinski definition) is 4. The zero-order chi connectivity index (χ0) is 48.5. The first-order valence-electron chi connectivity index (χ1n) is 22.2. The molecule has 0 unspecified atom stereocenters. The Bertz CT molecular complexity index is 2820. The summed E-state index contributed by atoms with van der Waals surface area (Å²) in [5.74, 6) is -1.42. The van der Waals surface area contributed by atoms with Crippen molar-refractivity contribution >= 4 is 43.4 Å². The zero-order valence-corrected chi connectivity index (χ0v) is 40.9. The standard InChI is InChI=1S/C30H37NO4S.C24H25NO4S/c1-19(2)25-17-27(20(3)4)29(28(18-25)21(5)6)36(34,35)31-26-15-11-23(12-16-26)8-7-22-9-13-24(14-10-22)30(32)33;1-16-14-17(2)23(18(3)15-16)30(28,29)25-22-12-8-20(9-13-22)5-4-19-6-10-21(11-7-19)24(26)27/h9-21,31H,7-8H2,1-6H3,(H,32,33);6-15,25H,4-5H2,1-3H3,(H,26,27). The van der Waals surface area contributed by atoms with Crippen LogP contribution in [0.1, 0.15) is 136 Å². The van der Waals surface area contributed by atoms with E-state index < -0.39 is 32.0 Å². The lowest BCUT2D eigenvalue weighted by Crippen LogP contribution is -2.19. The molecule has 6 aromatic carbocycles. The third-order valence-corrected chi connectivity index (χ3v) is 14.6. The number of benzene rings is 6. The van der Waals surface area contributed by atoms with Gasteiger partial charge in [0, 0.05) is 11.4 Å². The fourth-order valence-corrected chi connectivity index (χ4v) is 11.2. The third-order valence-electron chi connectivity index (χ3n) is 11.4. The molecule has 10 nitrogen and oxygen atoms in total. The van der Waals surface area contributed by atoms with Crippen LogP contribution in [0.2, 0.25) is 0 Å². The van der Waals surface area contributed by atoms with Crippen LogP contribution in [0, 0.1) is 20.8 Å². The minimum atomic E-state index is -3.78. The van der Waals surface area contributed by atoms with Gasteiger partial charge < -0.3 is 10.2 Å². The van der Waals surface area contributed by atoms with E-state index in [4.69, 9.17) is 10.2 Å². The first-order valence-corrected chi connectivity index (χ1v) is 25.1. The Labute approximate surface area is 391 Å². The smallest absolute Gasteiger partial charge is 0.335 e. The molecule has 348 valence electrons. The average molecular weight is 931 g/mol. The Morgan fingerprint density at radius 3 is 1.05 bits per heavy atom. The molecule has 6 aromatic rings. The summed E-state index contributed by atoms with van der Waals surface area (Å²) >= 11 is 0. The molecule has 0 saturated carbocycles. The molecule has 0 aromatic heterocycles. The van der Waals surface area contributed by atoms with Crippen LogP contribution in [0.4, 0.5) is 11.4 Å². The Balaban J connectivity index is 0.000000251. The van der Waals surface area contributed by atoms with Gasteiger partial charge in [-0.25, -0.2) is 26.4 Å². The van der Waals surface area contributed by atoms with E-state index in [2.05, 4.69) is 23.3 Å². The number of aryl methyl sites for hydroxylation is 7. The third kappa shape index (κ3) is 13.4. The molecule has 0 bridgehead atoms. The normalized spacial score (nSPS) is 11.6. The second-order valence-corrected chi connectivity index (χ2v) is 21.1. The Morgan fingerprint density at radius 2 is 0.758 bits per heavy atom. The van der Waals surface area contributed by atoms with Gasteiger partial charge in [-0.2, -0.15) is 0 Å². The molecule has 12 heteroatoms. The number of carboxylic acid groups (broad SMARTS) is 2. The summed E-state index contributed by atoms with van der Waals surface area (Å²) in [6, 6.07) is 36.3. The molecular formula is C54H62N2O8S2. The molecule has 0 spiro atoms. The molecule has 6 rings (SSSR count). The zero-order valence-electron chi connectivity index (χ0n) is 39.3. The summed E-state index contributed by atoms with van der Waals surface area (Å²) < 4.78 is 58.5. The topological polar surface area (TPSA) is 167 Å². The second-order valence-electron chi connectivity index (χ2n) is 17.8. The van der Waals surface area contributed by atoms with Crippen molar-refractivity contribution in [3.63, 3.8) is 0 Å². The highest BCUT2D eigenvalue weighted by atomic mass is 32.2. The minimum absolute atomic E-state index is 0.0692. The number of carbonyl (C=O) groups is 2. The van der Waals surface area contributed by atoms with Crippen molar-refractivity contribution in [3.05, 3.63) is 188 Å². The van der Waals surface area contributed by atoms with E-state index in [-0.39, 0.29) is 23.0 Å². The van der Waals surface area contributed by atoms with Crippen LogP contribution in [0.5, 0.6) is 0 Å². The van der Waals surface area contributed by atoms with Crippen LogP contribution in [0.15, 0.2) is 131 Å². The maximum atomic E-state index is 13.7. The maximum Gasteiger partial charge on any atom is 0.335 e. The van der Waals surface area contributed by atoms with Gasteiger partial charge in [-0.1, -0.05) is 120 Å². The van der Waals surface area contributed by atoms with E-state index in [9.17, 15) is 26.4 Å². The molecule has 0 radical (unpaired) electrons. The van der Waals surface area contributed by atoms with Crippen LogP contribution in [0.25, 0.3) is 0 Å². The first kappa shape index (κ1) is 50.8. The second kappa shape index (κ2) is 21.8. The fourth-order valence-electron chi connectivity index (χ4n) is 7.89. The first-order chi connectivity index (χ1) is 31.0. The summed E-state index contributed by atoms with van der Waals surface area (Å²) in [4.78, 5) is 22.6. The van der Waals surface area contributed by atoms with E-state index in [1.807, 2.05) is 107 Å². The molecule has 0 aliphatic heterocycles. The van der Waals surface area contributed by atoms with Gasteiger partial charge in [-0.3, -0.25) is 9.44 Å². The molecule has 4 N–H and O–H groups in total. The molecule has 0 aliphatic rings. The van der Waals surface area contributed by atoms with Crippen LogP contribution in [-0.4, -0.2) is 39.0 Å². The van der Waals surface area contributed by atoms with Gasteiger partial charge in [0.2, 0.25) is 0 Å². The van der Waals surface area contributed by atoms with Crippen molar-refractivity contribution in [2.45, 2.75) is 116 Å². The molecule has 0 saturated heterocycles. The molecule has 0 aliphatic carbocycles. The maximum absolute atomic E-state index is 13.7. The van der Waals surface area contributed by atoms with Crippen LogP contribution >= 0.6 is 0 Å². The predicted octanol–water partition coefficient (Wildman–Crippen LogP) is 12.2. The fraction of sp³-hybridized carbons (Fsp3) is 0.296. The summed E-state index contributed by atoms with van der Waals surface area (Å²) in [7, 11) is -7.45. The predicted molar refractivity (Wildman–Crippen MR) is 265 cm³/mol. The van der Waals surface area contributed by atoms with Gasteiger partial charge in [0.05, 0.1) is 20.9 Å². The van der Waals surface area contributed by atoms with Crippen LogP contribution in [0.3, 0.4) is 0 Å². The number of sulfonamides is 2. The SMILES string of the molecule is CC(C)c1cc(C(C)C)c(S(=O)(=O)Nc2ccc(CCc3ccc(C(=O)O)cc3)cc2)c(C(C)C)c1.Cc1cc(C)c(S(=O)(=O)Nc2ccc(CCc3ccc(C(=O)O)cc3)cc2)c(C)c1. The van der Waals surface area contributed by atoms with Gasteiger partial charge in [-0.05, 0) is 163 Å². The van der Waals surface area contributed by atoms with Crippen LogP contribution in [-0.2, 0) is 45.7 Å². The van der Waals surface area contributed by atoms with Gasteiger partial charge in [0.15, 0.2) is 0 Å². The molecule has 0 atom stereocenters. The number of hydrogen-bond acceptors (Lipinski definition) is 6. The summed E-state index contributed by atoms with van der Waals surface area (Å²) in [5, 5.41) is 18.0. The van der Waals surface area contributed by atoms with Crippen molar-refractivity contribution in [3.8, 4) is 0 Å². The Morgan fingerprint density at radius 1 is 0.455 bits per heavy atom. The molecule has 66 heavy (non-hydrogen) atoms. The minimum Gasteiger partial charge on any atom is -0.478 e. The van der Waals surface area contributed by atoms with Gasteiger partial charge in [0.25, 0.3) is 20.0 Å². The quantitative estimate of drug-likeness (QED) is 0.0701. The van der Waals surface area contributed by atoms with Crippen molar-refractivity contribution in [2.24, 2.45) is 0 Å². The van der Waals surface area contributed by atoms with Crippen molar-refractivity contribution in [1.29, 1.82) is 0 Å². The molecule has 0 heterocycles. The van der Waals surface area contributed by atoms with Gasteiger partial charge in [-0.15, -0.1) is 0 Å². The van der Waals surface area contributed by atoms with E-state index in [1.165, 1.54) is 0 Å². The van der Waals surface area contributed by atoms with Crippen molar-refractivity contribution < 1.29 is 36.6 Å². The number of nitrogens with one attached hydrogen (secondary N) is 2. The van der Waals surface area contributed by atoms with Crippen LogP contribution < -0.4 is 9.44 Å². The van der Waals surface area contributed by atoms with E-state index >= 15 is 0 Å².